The Kier molecular flexibility index (Phi) is 10.7. The summed E-state index contributed by atoms with van der Waals surface area (Å²) in [7, 11) is 1.48. The molecule has 0 aromatic rings. The van der Waals surface area contributed by atoms with Crippen LogP contribution in [0.3, 0.4) is 0 Å². The fourth-order valence-corrected chi connectivity index (χ4v) is 2.57. The number of amides is 3. The molecule has 0 rings (SSSR count). The Morgan fingerprint density at radius 2 is 1.76 bits per heavy atom. The second-order valence-corrected chi connectivity index (χ2v) is 5.24. The summed E-state index contributed by atoms with van der Waals surface area (Å²) in [4.78, 5) is 36.3. The number of likely N-dealkylation sites (N-methyl/N-ethyl adjacent to an activating group) is 1. The summed E-state index contributed by atoms with van der Waals surface area (Å²) in [6, 6.07) is -1.34. The van der Waals surface area contributed by atoms with Gasteiger partial charge in [0.05, 0.1) is 6.04 Å². The third-order valence-corrected chi connectivity index (χ3v) is 3.88. The minimum atomic E-state index is -0.730. The first kappa shape index (κ1) is 20.4. The maximum atomic E-state index is 12.2. The van der Waals surface area contributed by atoms with Gasteiger partial charge in [0.15, 0.2) is 0 Å². The first-order chi connectivity index (χ1) is 9.90. The molecule has 3 amide bonds. The van der Waals surface area contributed by atoms with E-state index >= 15 is 0 Å². The van der Waals surface area contributed by atoms with Crippen molar-refractivity contribution in [2.24, 2.45) is 5.73 Å². The second-order valence-electron chi connectivity index (χ2n) is 4.23. The molecule has 0 bridgehead atoms. The molecule has 0 heterocycles. The Balaban J connectivity index is 4.77. The molecule has 0 aliphatic heterocycles. The fourth-order valence-electron chi connectivity index (χ4n) is 1.58. The van der Waals surface area contributed by atoms with E-state index < -0.39 is 18.0 Å². The smallest absolute Gasteiger partial charge is 0.243 e. The highest BCUT2D eigenvalue weighted by Crippen LogP contribution is 2.06. The molecule has 0 saturated heterocycles. The fraction of sp³-hybridized carbons (Fsp3) is 0.727. The molecule has 10 heteroatoms. The van der Waals surface area contributed by atoms with Gasteiger partial charge in [-0.3, -0.25) is 19.3 Å². The molecule has 122 valence electrons. The summed E-state index contributed by atoms with van der Waals surface area (Å²) < 4.78 is 0. The van der Waals surface area contributed by atoms with Gasteiger partial charge in [0, 0.05) is 37.4 Å². The van der Waals surface area contributed by atoms with Crippen LogP contribution in [0, 0.1) is 0 Å². The van der Waals surface area contributed by atoms with Gasteiger partial charge < -0.3 is 16.4 Å². The van der Waals surface area contributed by atoms with Crippen molar-refractivity contribution in [3.63, 3.8) is 0 Å². The van der Waals surface area contributed by atoms with Crippen molar-refractivity contribution >= 4 is 55.6 Å². The molecule has 4 N–H and O–H groups in total. The molecular weight excluding hydrogens is 332 g/mol. The molecule has 2 atom stereocenters. The van der Waals surface area contributed by atoms with Crippen LogP contribution in [0.4, 0.5) is 0 Å². The lowest BCUT2D eigenvalue weighted by Crippen LogP contribution is -2.55. The monoisotopic (exact) mass is 354 g/mol. The number of primary amides is 1. The molecule has 0 aromatic heterocycles. The Morgan fingerprint density at radius 3 is 2.14 bits per heavy atom. The minimum absolute atomic E-state index is 0.115. The molecule has 0 aromatic carbocycles. The van der Waals surface area contributed by atoms with Gasteiger partial charge in [-0.2, -0.15) is 37.9 Å². The van der Waals surface area contributed by atoms with Crippen LogP contribution in [0.1, 0.15) is 6.42 Å². The van der Waals surface area contributed by atoms with Crippen LogP contribution < -0.4 is 16.4 Å². The highest BCUT2D eigenvalue weighted by Gasteiger charge is 2.27. The lowest BCUT2D eigenvalue weighted by atomic mass is 10.2. The van der Waals surface area contributed by atoms with Crippen molar-refractivity contribution in [2.75, 3.05) is 31.0 Å². The molecule has 0 saturated carbocycles. The van der Waals surface area contributed by atoms with E-state index in [1.165, 1.54) is 7.05 Å². The van der Waals surface area contributed by atoms with Crippen molar-refractivity contribution in [2.45, 2.75) is 18.5 Å². The number of nitrogens with zero attached hydrogens (tertiary/aromatic N) is 1. The summed E-state index contributed by atoms with van der Waals surface area (Å²) in [6.45, 7) is 0.295. The second kappa shape index (κ2) is 11.0. The third-order valence-electron chi connectivity index (χ3n) is 2.81. The Bertz CT molecular complexity index is 371. The lowest BCUT2D eigenvalue weighted by molar-refractivity contribution is -0.130. The van der Waals surface area contributed by atoms with Gasteiger partial charge in [0.1, 0.15) is 6.04 Å². The van der Waals surface area contributed by atoms with Crippen LogP contribution in [0.25, 0.3) is 0 Å². The first-order valence-electron chi connectivity index (χ1n) is 6.28. The van der Waals surface area contributed by atoms with E-state index in [1.807, 2.05) is 0 Å². The predicted molar refractivity (Wildman–Crippen MR) is 91.9 cm³/mol. The number of thiol groups is 3. The van der Waals surface area contributed by atoms with Gasteiger partial charge in [0.25, 0.3) is 0 Å². The zero-order chi connectivity index (χ0) is 16.4. The molecule has 7 nitrogen and oxygen atoms in total. The Morgan fingerprint density at radius 1 is 1.14 bits per heavy atom. The Hall–Kier alpha value is -0.580. The van der Waals surface area contributed by atoms with Crippen molar-refractivity contribution in [3.8, 4) is 0 Å². The molecule has 0 radical (unpaired) electrons. The summed E-state index contributed by atoms with van der Waals surface area (Å²) in [6.07, 6.45) is 0.115. The first-order valence-corrected chi connectivity index (χ1v) is 8.17. The zero-order valence-electron chi connectivity index (χ0n) is 11.8. The topological polar surface area (TPSA) is 105 Å². The SMILES string of the molecule is CNC(=O)[C@H](CS)NC(=O)[C@H](CS)N(CS)CCC(N)=O. The summed E-state index contributed by atoms with van der Waals surface area (Å²) >= 11 is 12.3. The van der Waals surface area contributed by atoms with Crippen LogP contribution in [-0.4, -0.2) is 65.7 Å². The Labute approximate surface area is 141 Å². The molecule has 0 unspecified atom stereocenters. The largest absolute Gasteiger partial charge is 0.370 e. The van der Waals surface area contributed by atoms with E-state index in [9.17, 15) is 14.4 Å². The number of carbonyl (C=O) groups is 3. The van der Waals surface area contributed by atoms with Crippen LogP contribution in [-0.2, 0) is 14.4 Å². The van der Waals surface area contributed by atoms with Gasteiger partial charge >= 0.3 is 0 Å². The molecule has 0 fully saturated rings. The highest BCUT2D eigenvalue weighted by molar-refractivity contribution is 7.80. The van der Waals surface area contributed by atoms with Gasteiger partial charge in [0.2, 0.25) is 17.7 Å². The molecular formula is C11H22N4O3S3. The van der Waals surface area contributed by atoms with Crippen LogP contribution >= 0.6 is 37.9 Å². The van der Waals surface area contributed by atoms with E-state index in [0.29, 0.717) is 6.54 Å². The molecule has 21 heavy (non-hydrogen) atoms. The molecule has 0 aliphatic carbocycles. The van der Waals surface area contributed by atoms with E-state index in [1.54, 1.807) is 4.90 Å². The van der Waals surface area contributed by atoms with Crippen molar-refractivity contribution in [3.05, 3.63) is 0 Å². The number of nitrogens with one attached hydrogen (secondary N) is 2. The van der Waals surface area contributed by atoms with Gasteiger partial charge in [-0.05, 0) is 0 Å². The maximum absolute atomic E-state index is 12.2. The molecule has 0 spiro atoms. The van der Waals surface area contributed by atoms with Crippen LogP contribution in [0.2, 0.25) is 0 Å². The number of carbonyl (C=O) groups excluding carboxylic acids is 3. The predicted octanol–water partition coefficient (Wildman–Crippen LogP) is -1.49. The number of hydrogen-bond donors (Lipinski definition) is 6. The average molecular weight is 355 g/mol. The van der Waals surface area contributed by atoms with Gasteiger partial charge in [-0.1, -0.05) is 0 Å². The number of nitrogens with two attached hydrogens (primary N) is 1. The van der Waals surface area contributed by atoms with E-state index in [0.717, 1.165) is 0 Å². The summed E-state index contributed by atoms with van der Waals surface area (Å²) in [5.41, 5.74) is 5.10. The highest BCUT2D eigenvalue weighted by atomic mass is 32.1. The van der Waals surface area contributed by atoms with Crippen LogP contribution in [0.15, 0.2) is 0 Å². The van der Waals surface area contributed by atoms with E-state index in [2.05, 4.69) is 48.5 Å². The standard InChI is InChI=1S/C11H22N4O3S3/c1-13-10(17)7(4-19)14-11(18)8(5-20)15(6-21)3-2-9(12)16/h7-8,19-21H,2-6H2,1H3,(H2,12,16)(H,13,17)(H,14,18)/t7-,8-/m0/s1. The average Bonchev–Trinajstić information content (AvgIpc) is 2.47. The number of hydrogen-bond acceptors (Lipinski definition) is 7. The zero-order valence-corrected chi connectivity index (χ0v) is 14.5. The van der Waals surface area contributed by atoms with E-state index in [-0.39, 0.29) is 35.6 Å². The van der Waals surface area contributed by atoms with Crippen molar-refractivity contribution in [1.82, 2.24) is 15.5 Å². The molecule has 0 aliphatic rings. The summed E-state index contributed by atoms with van der Waals surface area (Å²) in [5.74, 6) is -0.502. The van der Waals surface area contributed by atoms with Gasteiger partial charge in [-0.15, -0.1) is 0 Å². The quantitative estimate of drug-likeness (QED) is 0.212. The van der Waals surface area contributed by atoms with Crippen LogP contribution in [0.5, 0.6) is 0 Å². The maximum Gasteiger partial charge on any atom is 0.243 e. The van der Waals surface area contributed by atoms with Crippen molar-refractivity contribution < 1.29 is 14.4 Å². The lowest BCUT2D eigenvalue weighted by Gasteiger charge is -2.29. The summed E-state index contributed by atoms with van der Waals surface area (Å²) in [5, 5.41) is 5.05. The minimum Gasteiger partial charge on any atom is -0.370 e. The third kappa shape index (κ3) is 7.30. The van der Waals surface area contributed by atoms with Gasteiger partial charge in [-0.25, -0.2) is 0 Å². The van der Waals surface area contributed by atoms with Crippen molar-refractivity contribution in [1.29, 1.82) is 0 Å². The normalized spacial score (nSPS) is 13.6. The van der Waals surface area contributed by atoms with E-state index in [4.69, 9.17) is 5.73 Å². The number of rotatable bonds is 10.